The number of phenols is 1. The largest absolute Gasteiger partial charge is 0.504 e. The van der Waals surface area contributed by atoms with Crippen molar-refractivity contribution in [1.82, 2.24) is 0 Å². The summed E-state index contributed by atoms with van der Waals surface area (Å²) in [6.45, 7) is 3.78. The van der Waals surface area contributed by atoms with Gasteiger partial charge in [-0.05, 0) is 37.6 Å². The Morgan fingerprint density at radius 2 is 1.88 bits per heavy atom. The molecule has 7 heteroatoms. The molecule has 0 amide bonds. The molecule has 130 valence electrons. The second kappa shape index (κ2) is 6.64. The fraction of sp³-hybridized carbons (Fsp3) is 0.222. The van der Waals surface area contributed by atoms with Gasteiger partial charge >= 0.3 is 0 Å². The van der Waals surface area contributed by atoms with E-state index in [-0.39, 0.29) is 33.9 Å². The minimum absolute atomic E-state index is 0.101. The number of rotatable bonds is 6. The van der Waals surface area contributed by atoms with Gasteiger partial charge in [-0.25, -0.2) is 0 Å². The zero-order valence-electron chi connectivity index (χ0n) is 13.7. The summed E-state index contributed by atoms with van der Waals surface area (Å²) < 4.78 is 5.60. The SMILES string of the molecule is CCC(Nc1c(Nc2cccc(Cl)c2O)c(=O)c1=O)c1ccc(C)o1. The number of halogens is 1. The summed E-state index contributed by atoms with van der Waals surface area (Å²) in [6.07, 6.45) is 0.660. The van der Waals surface area contributed by atoms with Crippen LogP contribution in [0.1, 0.15) is 30.9 Å². The Hall–Kier alpha value is -2.73. The van der Waals surface area contributed by atoms with Crippen LogP contribution < -0.4 is 21.5 Å². The number of aromatic hydroxyl groups is 1. The molecule has 1 heterocycles. The average molecular weight is 361 g/mol. The third-order valence-electron chi connectivity index (χ3n) is 3.99. The van der Waals surface area contributed by atoms with Crippen molar-refractivity contribution < 1.29 is 9.52 Å². The van der Waals surface area contributed by atoms with Crippen molar-refractivity contribution in [3.05, 3.63) is 67.3 Å². The molecule has 2 aromatic carbocycles. The first-order valence-corrected chi connectivity index (χ1v) is 8.20. The number of phenolic OH excluding ortho intramolecular Hbond substituents is 1. The van der Waals surface area contributed by atoms with E-state index in [1.807, 2.05) is 26.0 Å². The monoisotopic (exact) mass is 360 g/mol. The zero-order valence-corrected chi connectivity index (χ0v) is 14.5. The maximum Gasteiger partial charge on any atom is 0.253 e. The zero-order chi connectivity index (χ0) is 18.1. The lowest BCUT2D eigenvalue weighted by molar-refractivity contribution is 0.452. The fourth-order valence-electron chi connectivity index (χ4n) is 2.59. The summed E-state index contributed by atoms with van der Waals surface area (Å²) in [4.78, 5) is 23.9. The molecule has 1 unspecified atom stereocenters. The summed E-state index contributed by atoms with van der Waals surface area (Å²) in [5.41, 5.74) is -0.725. The van der Waals surface area contributed by atoms with E-state index in [2.05, 4.69) is 10.6 Å². The highest BCUT2D eigenvalue weighted by Crippen LogP contribution is 2.35. The molecular weight excluding hydrogens is 344 g/mol. The highest BCUT2D eigenvalue weighted by molar-refractivity contribution is 6.32. The first kappa shape index (κ1) is 17.1. The third kappa shape index (κ3) is 3.13. The van der Waals surface area contributed by atoms with E-state index in [9.17, 15) is 14.7 Å². The second-order valence-corrected chi connectivity index (χ2v) is 6.13. The molecule has 0 bridgehead atoms. The van der Waals surface area contributed by atoms with Crippen LogP contribution >= 0.6 is 11.6 Å². The van der Waals surface area contributed by atoms with Crippen LogP contribution in [0.5, 0.6) is 5.75 Å². The van der Waals surface area contributed by atoms with Gasteiger partial charge < -0.3 is 20.2 Å². The molecule has 0 aliphatic rings. The Bertz CT molecular complexity index is 986. The molecule has 0 spiro atoms. The molecule has 1 atom stereocenters. The Labute approximate surface area is 148 Å². The van der Waals surface area contributed by atoms with Gasteiger partial charge in [0.15, 0.2) is 5.75 Å². The molecule has 0 radical (unpaired) electrons. The number of benzene rings is 1. The summed E-state index contributed by atoms with van der Waals surface area (Å²) in [7, 11) is 0. The van der Waals surface area contributed by atoms with Gasteiger partial charge in [-0.3, -0.25) is 9.59 Å². The molecule has 0 saturated heterocycles. The molecule has 0 aliphatic carbocycles. The normalized spacial score (nSPS) is 12.3. The summed E-state index contributed by atoms with van der Waals surface area (Å²) in [5, 5.41) is 16.0. The third-order valence-corrected chi connectivity index (χ3v) is 4.29. The van der Waals surface area contributed by atoms with E-state index >= 15 is 0 Å². The first-order chi connectivity index (χ1) is 11.9. The lowest BCUT2D eigenvalue weighted by Crippen LogP contribution is -2.37. The van der Waals surface area contributed by atoms with Gasteiger partial charge in [0.25, 0.3) is 10.9 Å². The molecule has 0 fully saturated rings. The first-order valence-electron chi connectivity index (χ1n) is 7.83. The summed E-state index contributed by atoms with van der Waals surface area (Å²) in [5.74, 6) is 1.27. The van der Waals surface area contributed by atoms with Crippen molar-refractivity contribution in [1.29, 1.82) is 0 Å². The van der Waals surface area contributed by atoms with Crippen LogP contribution in [-0.4, -0.2) is 5.11 Å². The maximum atomic E-state index is 12.0. The smallest absolute Gasteiger partial charge is 0.253 e. The Morgan fingerprint density at radius 3 is 2.52 bits per heavy atom. The van der Waals surface area contributed by atoms with Gasteiger partial charge in [-0.2, -0.15) is 0 Å². The number of nitrogens with one attached hydrogen (secondary N) is 2. The van der Waals surface area contributed by atoms with Crippen molar-refractivity contribution in [3.8, 4) is 5.75 Å². The molecule has 0 saturated carbocycles. The van der Waals surface area contributed by atoms with Crippen molar-refractivity contribution in [2.24, 2.45) is 0 Å². The van der Waals surface area contributed by atoms with E-state index in [0.29, 0.717) is 12.2 Å². The van der Waals surface area contributed by atoms with Crippen LogP contribution in [0, 0.1) is 6.92 Å². The number of aryl methyl sites for hydroxylation is 1. The minimum Gasteiger partial charge on any atom is -0.504 e. The van der Waals surface area contributed by atoms with Gasteiger partial charge in [0.1, 0.15) is 22.9 Å². The van der Waals surface area contributed by atoms with Crippen LogP contribution in [0.25, 0.3) is 0 Å². The van der Waals surface area contributed by atoms with E-state index in [1.54, 1.807) is 12.1 Å². The van der Waals surface area contributed by atoms with Gasteiger partial charge in [0.2, 0.25) is 0 Å². The molecule has 25 heavy (non-hydrogen) atoms. The summed E-state index contributed by atoms with van der Waals surface area (Å²) >= 11 is 5.86. The highest BCUT2D eigenvalue weighted by Gasteiger charge is 2.25. The second-order valence-electron chi connectivity index (χ2n) is 5.72. The molecule has 3 aromatic rings. The number of para-hydroxylation sites is 1. The Balaban J connectivity index is 1.89. The Kier molecular flexibility index (Phi) is 4.55. The predicted molar refractivity (Wildman–Crippen MR) is 97.9 cm³/mol. The maximum absolute atomic E-state index is 12.0. The van der Waals surface area contributed by atoms with Crippen LogP contribution in [0.15, 0.2) is 44.3 Å². The van der Waals surface area contributed by atoms with Crippen LogP contribution in [0.4, 0.5) is 17.1 Å². The molecule has 3 N–H and O–H groups in total. The van der Waals surface area contributed by atoms with Crippen molar-refractivity contribution >= 4 is 28.7 Å². The lowest BCUT2D eigenvalue weighted by atomic mass is 10.1. The molecular formula is C18H17ClN2O4. The quantitative estimate of drug-likeness (QED) is 0.457. The van der Waals surface area contributed by atoms with Gasteiger partial charge in [0, 0.05) is 0 Å². The van der Waals surface area contributed by atoms with Gasteiger partial charge in [-0.1, -0.05) is 24.6 Å². The van der Waals surface area contributed by atoms with Crippen molar-refractivity contribution in [2.75, 3.05) is 10.6 Å². The van der Waals surface area contributed by atoms with E-state index < -0.39 is 10.9 Å². The lowest BCUT2D eigenvalue weighted by Gasteiger charge is -2.20. The molecule has 6 nitrogen and oxygen atoms in total. The fourth-order valence-corrected chi connectivity index (χ4v) is 2.76. The minimum atomic E-state index is -0.646. The van der Waals surface area contributed by atoms with Crippen LogP contribution in [-0.2, 0) is 0 Å². The number of anilines is 3. The number of hydrogen-bond acceptors (Lipinski definition) is 6. The highest BCUT2D eigenvalue weighted by atomic mass is 35.5. The number of hydrogen-bond donors (Lipinski definition) is 3. The van der Waals surface area contributed by atoms with Crippen LogP contribution in [0.3, 0.4) is 0 Å². The number of furan rings is 1. The standard InChI is InChI=1S/C18H17ClN2O4/c1-3-11(13-8-7-9(2)25-13)20-14-15(18(24)17(14)23)21-12-6-4-5-10(19)16(12)22/h4-8,11,20-22H,3H2,1-2H3. The molecule has 0 aliphatic heterocycles. The van der Waals surface area contributed by atoms with Crippen molar-refractivity contribution in [2.45, 2.75) is 26.3 Å². The summed E-state index contributed by atoms with van der Waals surface area (Å²) in [6, 6.07) is 8.14. The topological polar surface area (TPSA) is 91.6 Å². The van der Waals surface area contributed by atoms with E-state index in [1.165, 1.54) is 6.07 Å². The van der Waals surface area contributed by atoms with E-state index in [4.69, 9.17) is 16.0 Å². The predicted octanol–water partition coefficient (Wildman–Crippen LogP) is 3.85. The van der Waals surface area contributed by atoms with Crippen LogP contribution in [0.2, 0.25) is 5.02 Å². The average Bonchev–Trinajstić information content (AvgIpc) is 3.03. The van der Waals surface area contributed by atoms with Gasteiger partial charge in [0.05, 0.1) is 16.8 Å². The van der Waals surface area contributed by atoms with Crippen molar-refractivity contribution in [3.63, 3.8) is 0 Å². The molecule has 3 rings (SSSR count). The van der Waals surface area contributed by atoms with Gasteiger partial charge in [-0.15, -0.1) is 0 Å². The van der Waals surface area contributed by atoms with E-state index in [0.717, 1.165) is 5.76 Å². The molecule has 1 aromatic heterocycles. The Morgan fingerprint density at radius 1 is 1.16 bits per heavy atom.